The number of ether oxygens (including phenoxy) is 11. The summed E-state index contributed by atoms with van der Waals surface area (Å²) in [6.07, 6.45) is -7.53. The quantitative estimate of drug-likeness (QED) is 0.0469. The van der Waals surface area contributed by atoms with Crippen LogP contribution in [-0.4, -0.2) is 74.1 Å². The molecule has 0 aliphatic carbocycles. The van der Waals surface area contributed by atoms with Gasteiger partial charge in [0.1, 0.15) is 48.8 Å². The molecule has 0 radical (unpaired) electrons. The van der Waals surface area contributed by atoms with Gasteiger partial charge in [-0.25, -0.2) is 0 Å². The van der Waals surface area contributed by atoms with Crippen LogP contribution in [0.15, 0.2) is 243 Å². The highest BCUT2D eigenvalue weighted by Crippen LogP contribution is 2.42. The molecule has 10 rings (SSSR count). The van der Waals surface area contributed by atoms with E-state index in [0.29, 0.717) is 13.2 Å². The van der Waals surface area contributed by atoms with E-state index in [1.165, 1.54) is 0 Å². The molecule has 8 aromatic carbocycles. The van der Waals surface area contributed by atoms with Gasteiger partial charge in [-0.05, 0) is 51.4 Å². The van der Waals surface area contributed by atoms with Crippen molar-refractivity contribution in [2.24, 2.45) is 0 Å². The number of hydrogen-bond acceptors (Lipinski definition) is 11. The van der Waals surface area contributed by atoms with Gasteiger partial charge in [-0.2, -0.15) is 0 Å². The molecule has 10 atom stereocenters. The third-order valence-corrected chi connectivity index (χ3v) is 14.3. The average molecular weight is 1080 g/mol. The Morgan fingerprint density at radius 1 is 0.300 bits per heavy atom. The molecule has 2 heterocycles. The molecule has 2 fully saturated rings. The van der Waals surface area contributed by atoms with Crippen molar-refractivity contribution >= 4 is 0 Å². The third kappa shape index (κ3) is 16.2. The lowest BCUT2D eigenvalue weighted by atomic mass is 9.91. The first kappa shape index (κ1) is 56.6. The van der Waals surface area contributed by atoms with Gasteiger partial charge in [0.25, 0.3) is 0 Å². The fourth-order valence-electron chi connectivity index (χ4n) is 10.2. The van der Waals surface area contributed by atoms with Crippen LogP contribution < -0.4 is 0 Å². The predicted molar refractivity (Wildman–Crippen MR) is 305 cm³/mol. The minimum absolute atomic E-state index is 0.123. The van der Waals surface area contributed by atoms with Gasteiger partial charge in [0.05, 0.1) is 66.1 Å². The normalized spacial score (nSPS) is 23.8. The second kappa shape index (κ2) is 29.7. The Kier molecular flexibility index (Phi) is 21.0. The van der Waals surface area contributed by atoms with E-state index >= 15 is 0 Å². The van der Waals surface area contributed by atoms with Gasteiger partial charge < -0.3 is 52.1 Å². The molecule has 0 aromatic heterocycles. The molecule has 2 saturated heterocycles. The highest BCUT2D eigenvalue weighted by atomic mass is 16.8. The van der Waals surface area contributed by atoms with Crippen LogP contribution >= 0.6 is 0 Å². The predicted octanol–water partition coefficient (Wildman–Crippen LogP) is 12.8. The summed E-state index contributed by atoms with van der Waals surface area (Å²) in [4.78, 5) is 0. The highest BCUT2D eigenvalue weighted by Gasteiger charge is 2.59. The summed E-state index contributed by atoms with van der Waals surface area (Å²) in [5.41, 5.74) is 7.88. The van der Waals surface area contributed by atoms with Gasteiger partial charge in [-0.15, -0.1) is 0 Å². The van der Waals surface area contributed by atoms with Crippen LogP contribution in [0.3, 0.4) is 0 Å². The van der Waals surface area contributed by atoms with Crippen molar-refractivity contribution in [3.8, 4) is 0 Å². The Balaban J connectivity index is 1.06. The monoisotopic (exact) mass is 1080 g/mol. The van der Waals surface area contributed by atoms with Crippen LogP contribution in [0.5, 0.6) is 0 Å². The Hall–Kier alpha value is -6.68. The minimum Gasteiger partial charge on any atom is -0.374 e. The molecule has 0 spiro atoms. The van der Waals surface area contributed by atoms with Crippen LogP contribution in [0.2, 0.25) is 0 Å². The van der Waals surface area contributed by atoms with Crippen LogP contribution in [0.4, 0.5) is 0 Å². The molecular formula is C69H72O11. The molecule has 2 aliphatic rings. The third-order valence-electron chi connectivity index (χ3n) is 14.3. The molecule has 0 unspecified atom stereocenters. The Labute approximate surface area is 471 Å². The van der Waals surface area contributed by atoms with Crippen molar-refractivity contribution in [3.05, 3.63) is 287 Å². The van der Waals surface area contributed by atoms with Gasteiger partial charge in [-0.3, -0.25) is 0 Å². The molecule has 8 aromatic rings. The maximum absolute atomic E-state index is 7.62. The molecule has 0 amide bonds. The molecule has 11 heteroatoms. The average Bonchev–Trinajstić information content (AvgIpc) is 3.60. The van der Waals surface area contributed by atoms with Gasteiger partial charge >= 0.3 is 0 Å². The minimum atomic E-state index is -1.64. The van der Waals surface area contributed by atoms with E-state index < -0.39 is 60.9 Å². The second-order valence-corrected chi connectivity index (χ2v) is 20.4. The topological polar surface area (TPSA) is 102 Å². The van der Waals surface area contributed by atoms with E-state index in [-0.39, 0.29) is 52.9 Å². The van der Waals surface area contributed by atoms with E-state index in [2.05, 4.69) is 0 Å². The molecule has 11 nitrogen and oxygen atoms in total. The van der Waals surface area contributed by atoms with Crippen molar-refractivity contribution in [2.45, 2.75) is 121 Å². The van der Waals surface area contributed by atoms with Crippen molar-refractivity contribution < 1.29 is 52.1 Å². The Morgan fingerprint density at radius 3 is 0.938 bits per heavy atom. The van der Waals surface area contributed by atoms with Crippen molar-refractivity contribution in [2.75, 3.05) is 13.2 Å². The van der Waals surface area contributed by atoms with Crippen molar-refractivity contribution in [1.82, 2.24) is 0 Å². The highest BCUT2D eigenvalue weighted by molar-refractivity contribution is 5.20. The molecule has 414 valence electrons. The van der Waals surface area contributed by atoms with Gasteiger partial charge in [0.2, 0.25) is 0 Å². The van der Waals surface area contributed by atoms with E-state index in [4.69, 9.17) is 52.1 Å². The van der Waals surface area contributed by atoms with Crippen molar-refractivity contribution in [3.63, 3.8) is 0 Å². The number of benzene rings is 8. The second-order valence-electron chi connectivity index (χ2n) is 20.4. The molecule has 80 heavy (non-hydrogen) atoms. The lowest BCUT2D eigenvalue weighted by molar-refractivity contribution is -0.431. The SMILES string of the molecule is C[C@]1(O[C@H]2O[C@H](COCc3ccccc3)[C@H](OCc3ccccc3)[C@H](OCc3ccccc3)[C@H]2OCc2ccccc2)O[C@H](COCc2ccccc2)[C@@H](OCc2ccccc2)[C@H](OCc2ccccc2)[C@@H]1OCc1ccccc1. The molecule has 0 N–H and O–H groups in total. The van der Waals surface area contributed by atoms with Gasteiger partial charge in [0.15, 0.2) is 12.1 Å². The number of rotatable bonds is 28. The summed E-state index contributed by atoms with van der Waals surface area (Å²) in [5, 5.41) is 0. The smallest absolute Gasteiger partial charge is 0.198 e. The van der Waals surface area contributed by atoms with Crippen LogP contribution in [0.25, 0.3) is 0 Å². The van der Waals surface area contributed by atoms with E-state index in [9.17, 15) is 0 Å². The van der Waals surface area contributed by atoms with E-state index in [1.54, 1.807) is 0 Å². The Morgan fingerprint density at radius 2 is 0.575 bits per heavy atom. The lowest BCUT2D eigenvalue weighted by Crippen LogP contribution is -2.70. The van der Waals surface area contributed by atoms with E-state index in [1.807, 2.05) is 250 Å². The van der Waals surface area contributed by atoms with Crippen LogP contribution in [0, 0.1) is 0 Å². The fraction of sp³-hybridized carbons (Fsp3) is 0.304. The maximum Gasteiger partial charge on any atom is 0.198 e. The maximum atomic E-state index is 7.62. The van der Waals surface area contributed by atoms with Crippen LogP contribution in [-0.2, 0) is 105 Å². The zero-order valence-corrected chi connectivity index (χ0v) is 45.4. The largest absolute Gasteiger partial charge is 0.374 e. The molecular weight excluding hydrogens is 1000 g/mol. The molecule has 2 aliphatic heterocycles. The number of hydrogen-bond donors (Lipinski definition) is 0. The first-order chi connectivity index (χ1) is 39.5. The van der Waals surface area contributed by atoms with Gasteiger partial charge in [-0.1, -0.05) is 243 Å². The first-order valence-electron chi connectivity index (χ1n) is 27.7. The summed E-state index contributed by atoms with van der Waals surface area (Å²) in [7, 11) is 0. The van der Waals surface area contributed by atoms with Gasteiger partial charge in [0, 0.05) is 0 Å². The summed E-state index contributed by atoms with van der Waals surface area (Å²) >= 11 is 0. The summed E-state index contributed by atoms with van der Waals surface area (Å²) in [6.45, 7) is 4.28. The zero-order valence-electron chi connectivity index (χ0n) is 45.4. The molecule has 0 bridgehead atoms. The lowest BCUT2D eigenvalue weighted by Gasteiger charge is -2.53. The summed E-state index contributed by atoms with van der Waals surface area (Å²) < 4.78 is 78.4. The fourth-order valence-corrected chi connectivity index (χ4v) is 10.2. The summed E-state index contributed by atoms with van der Waals surface area (Å²) in [5.74, 6) is -1.64. The first-order valence-corrected chi connectivity index (χ1v) is 27.7. The van der Waals surface area contributed by atoms with E-state index in [0.717, 1.165) is 44.5 Å². The standard InChI is InChI=1S/C69H72O11/c1-69(67(77-49-59-40-24-9-25-41-59)65(75-47-57-36-20-7-21-37-57)63(73-45-55-32-16-5-17-33-55)61(79-69)51-71-43-53-28-12-3-13-29-53)80-68-66(76-48-58-38-22-8-23-39-58)64(74-46-56-34-18-6-19-35-56)62(72-44-54-30-14-4-15-31-54)60(78-68)50-70-42-52-26-10-2-11-27-52/h2-41,60-68H,42-51H2,1H3/t60-,61-,62+,63-,64+,65+,66-,67+,68-,69-/m1/s1. The Bertz CT molecular complexity index is 2950. The summed E-state index contributed by atoms with van der Waals surface area (Å²) in [6, 6.07) is 80.7. The zero-order chi connectivity index (χ0) is 54.4. The van der Waals surface area contributed by atoms with Crippen molar-refractivity contribution in [1.29, 1.82) is 0 Å². The van der Waals surface area contributed by atoms with Crippen LogP contribution in [0.1, 0.15) is 51.4 Å². The molecule has 0 saturated carbocycles.